The van der Waals surface area contributed by atoms with Gasteiger partial charge in [-0.3, -0.25) is 9.79 Å². The molecular formula is C15H26N4O2. The van der Waals surface area contributed by atoms with Gasteiger partial charge in [-0.2, -0.15) is 0 Å². The SMILES string of the molecule is CCNC(=NCC(C)(C)C(=O)NC)NCCc1ccco1. The van der Waals surface area contributed by atoms with Crippen molar-refractivity contribution in [2.75, 3.05) is 26.7 Å². The van der Waals surface area contributed by atoms with Crippen LogP contribution in [0.2, 0.25) is 0 Å². The zero-order chi connectivity index (χ0) is 15.7. The predicted molar refractivity (Wildman–Crippen MR) is 84.2 cm³/mol. The zero-order valence-electron chi connectivity index (χ0n) is 13.3. The number of carbonyl (C=O) groups is 1. The summed E-state index contributed by atoms with van der Waals surface area (Å²) in [4.78, 5) is 16.2. The van der Waals surface area contributed by atoms with Crippen LogP contribution < -0.4 is 16.0 Å². The van der Waals surface area contributed by atoms with E-state index in [1.165, 1.54) is 0 Å². The summed E-state index contributed by atoms with van der Waals surface area (Å²) < 4.78 is 5.28. The molecule has 0 radical (unpaired) electrons. The Kier molecular flexibility index (Phi) is 6.78. The summed E-state index contributed by atoms with van der Waals surface area (Å²) in [5.74, 6) is 1.63. The number of furan rings is 1. The lowest BCUT2D eigenvalue weighted by Crippen LogP contribution is -2.41. The molecule has 118 valence electrons. The Balaban J connectivity index is 2.51. The Morgan fingerprint density at radius 2 is 2.14 bits per heavy atom. The number of aliphatic imine (C=N–C) groups is 1. The highest BCUT2D eigenvalue weighted by molar-refractivity contribution is 5.83. The van der Waals surface area contributed by atoms with Gasteiger partial charge in [0.25, 0.3) is 0 Å². The standard InChI is InChI=1S/C15H26N4O2/c1-5-17-14(18-9-8-12-7-6-10-21-12)19-11-15(2,3)13(20)16-4/h6-7,10H,5,8-9,11H2,1-4H3,(H,16,20)(H2,17,18,19). The predicted octanol–water partition coefficient (Wildman–Crippen LogP) is 1.15. The second-order valence-electron chi connectivity index (χ2n) is 5.41. The number of hydrogen-bond acceptors (Lipinski definition) is 3. The fraction of sp³-hybridized carbons (Fsp3) is 0.600. The van der Waals surface area contributed by atoms with Gasteiger partial charge < -0.3 is 20.4 Å². The van der Waals surface area contributed by atoms with Crippen molar-refractivity contribution in [3.05, 3.63) is 24.2 Å². The molecule has 1 aromatic rings. The molecule has 0 spiro atoms. The van der Waals surface area contributed by atoms with Crippen LogP contribution in [0.25, 0.3) is 0 Å². The van der Waals surface area contributed by atoms with E-state index in [1.807, 2.05) is 32.9 Å². The van der Waals surface area contributed by atoms with Crippen molar-refractivity contribution >= 4 is 11.9 Å². The maximum Gasteiger partial charge on any atom is 0.227 e. The molecule has 6 nitrogen and oxygen atoms in total. The molecule has 0 aromatic carbocycles. The Labute approximate surface area is 126 Å². The van der Waals surface area contributed by atoms with E-state index in [9.17, 15) is 4.79 Å². The third-order valence-corrected chi connectivity index (χ3v) is 3.06. The van der Waals surface area contributed by atoms with Gasteiger partial charge in [0.15, 0.2) is 5.96 Å². The lowest BCUT2D eigenvalue weighted by atomic mass is 9.93. The first kappa shape index (κ1) is 17.1. The molecule has 0 aliphatic carbocycles. The Bertz CT molecular complexity index is 452. The smallest absolute Gasteiger partial charge is 0.227 e. The molecule has 6 heteroatoms. The second kappa shape index (κ2) is 8.34. The monoisotopic (exact) mass is 294 g/mol. The second-order valence-corrected chi connectivity index (χ2v) is 5.41. The van der Waals surface area contributed by atoms with E-state index in [4.69, 9.17) is 4.42 Å². The maximum atomic E-state index is 11.7. The minimum atomic E-state index is -0.530. The topological polar surface area (TPSA) is 78.7 Å². The Morgan fingerprint density at radius 1 is 1.38 bits per heavy atom. The minimum Gasteiger partial charge on any atom is -0.469 e. The van der Waals surface area contributed by atoms with E-state index in [2.05, 4.69) is 20.9 Å². The maximum absolute atomic E-state index is 11.7. The highest BCUT2D eigenvalue weighted by Gasteiger charge is 2.26. The highest BCUT2D eigenvalue weighted by Crippen LogP contribution is 2.15. The average Bonchev–Trinajstić information content (AvgIpc) is 2.97. The fourth-order valence-corrected chi connectivity index (χ4v) is 1.79. The van der Waals surface area contributed by atoms with E-state index in [1.54, 1.807) is 13.3 Å². The number of guanidine groups is 1. The lowest BCUT2D eigenvalue weighted by Gasteiger charge is -2.21. The van der Waals surface area contributed by atoms with Gasteiger partial charge in [-0.05, 0) is 32.9 Å². The molecule has 0 aliphatic heterocycles. The molecule has 3 N–H and O–H groups in total. The van der Waals surface area contributed by atoms with Crippen molar-refractivity contribution in [3.8, 4) is 0 Å². The summed E-state index contributed by atoms with van der Waals surface area (Å²) in [5.41, 5.74) is -0.530. The summed E-state index contributed by atoms with van der Waals surface area (Å²) in [7, 11) is 1.64. The van der Waals surface area contributed by atoms with Crippen molar-refractivity contribution in [2.24, 2.45) is 10.4 Å². The van der Waals surface area contributed by atoms with Crippen LogP contribution in [0, 0.1) is 5.41 Å². The van der Waals surface area contributed by atoms with Gasteiger partial charge in [0.1, 0.15) is 5.76 Å². The summed E-state index contributed by atoms with van der Waals surface area (Å²) in [6.07, 6.45) is 2.46. The normalized spacial score (nSPS) is 12.1. The van der Waals surface area contributed by atoms with Crippen LogP contribution in [-0.4, -0.2) is 38.5 Å². The van der Waals surface area contributed by atoms with Crippen LogP contribution in [0.15, 0.2) is 27.8 Å². The Morgan fingerprint density at radius 3 is 2.71 bits per heavy atom. The summed E-state index contributed by atoms with van der Waals surface area (Å²) in [5, 5.41) is 9.07. The zero-order valence-corrected chi connectivity index (χ0v) is 13.3. The van der Waals surface area contributed by atoms with Crippen molar-refractivity contribution < 1.29 is 9.21 Å². The highest BCUT2D eigenvalue weighted by atomic mass is 16.3. The van der Waals surface area contributed by atoms with E-state index in [0.717, 1.165) is 25.3 Å². The molecule has 1 amide bonds. The van der Waals surface area contributed by atoms with E-state index < -0.39 is 5.41 Å². The van der Waals surface area contributed by atoms with Crippen molar-refractivity contribution in [3.63, 3.8) is 0 Å². The molecule has 1 heterocycles. The van der Waals surface area contributed by atoms with Crippen LogP contribution in [0.5, 0.6) is 0 Å². The van der Waals surface area contributed by atoms with Crippen LogP contribution in [0.1, 0.15) is 26.5 Å². The largest absolute Gasteiger partial charge is 0.469 e. The molecule has 0 atom stereocenters. The average molecular weight is 294 g/mol. The van der Waals surface area contributed by atoms with Gasteiger partial charge in [0.2, 0.25) is 5.91 Å². The van der Waals surface area contributed by atoms with Crippen LogP contribution in [0.4, 0.5) is 0 Å². The number of hydrogen-bond donors (Lipinski definition) is 3. The van der Waals surface area contributed by atoms with Crippen molar-refractivity contribution in [1.82, 2.24) is 16.0 Å². The van der Waals surface area contributed by atoms with E-state index >= 15 is 0 Å². The summed E-state index contributed by atoms with van der Waals surface area (Å²) in [6, 6.07) is 3.82. The molecule has 0 bridgehead atoms. The van der Waals surface area contributed by atoms with Crippen molar-refractivity contribution in [2.45, 2.75) is 27.2 Å². The van der Waals surface area contributed by atoms with E-state index in [-0.39, 0.29) is 5.91 Å². The number of nitrogens with zero attached hydrogens (tertiary/aromatic N) is 1. The molecule has 0 unspecified atom stereocenters. The number of rotatable bonds is 7. The first-order valence-electron chi connectivity index (χ1n) is 7.26. The van der Waals surface area contributed by atoms with Crippen LogP contribution in [-0.2, 0) is 11.2 Å². The molecule has 0 saturated carbocycles. The molecule has 21 heavy (non-hydrogen) atoms. The third kappa shape index (κ3) is 5.89. The quantitative estimate of drug-likeness (QED) is 0.521. The number of carbonyl (C=O) groups excluding carboxylic acids is 1. The van der Waals surface area contributed by atoms with Gasteiger partial charge in [0, 0.05) is 26.6 Å². The first-order valence-corrected chi connectivity index (χ1v) is 7.26. The van der Waals surface area contributed by atoms with Crippen LogP contribution in [0.3, 0.4) is 0 Å². The van der Waals surface area contributed by atoms with E-state index in [0.29, 0.717) is 12.5 Å². The third-order valence-electron chi connectivity index (χ3n) is 3.06. The fourth-order valence-electron chi connectivity index (χ4n) is 1.79. The lowest BCUT2D eigenvalue weighted by molar-refractivity contribution is -0.128. The minimum absolute atomic E-state index is 0.0160. The molecule has 0 saturated heterocycles. The van der Waals surface area contributed by atoms with Crippen molar-refractivity contribution in [1.29, 1.82) is 0 Å². The van der Waals surface area contributed by atoms with Crippen LogP contribution >= 0.6 is 0 Å². The van der Waals surface area contributed by atoms with Gasteiger partial charge in [-0.15, -0.1) is 0 Å². The van der Waals surface area contributed by atoms with Gasteiger partial charge >= 0.3 is 0 Å². The summed E-state index contributed by atoms with van der Waals surface area (Å²) >= 11 is 0. The first-order chi connectivity index (χ1) is 9.99. The van der Waals surface area contributed by atoms with Gasteiger partial charge in [-0.1, -0.05) is 0 Å². The number of amides is 1. The van der Waals surface area contributed by atoms with Gasteiger partial charge in [-0.25, -0.2) is 0 Å². The molecule has 1 rings (SSSR count). The molecular weight excluding hydrogens is 268 g/mol. The molecule has 1 aromatic heterocycles. The molecule has 0 fully saturated rings. The number of nitrogens with one attached hydrogen (secondary N) is 3. The summed E-state index contributed by atoms with van der Waals surface area (Å²) in [6.45, 7) is 7.67. The Hall–Kier alpha value is -1.98. The van der Waals surface area contributed by atoms with Gasteiger partial charge in [0.05, 0.1) is 18.2 Å². The molecule has 0 aliphatic rings.